The van der Waals surface area contributed by atoms with E-state index >= 15 is 0 Å². The predicted molar refractivity (Wildman–Crippen MR) is 111 cm³/mol. The molecule has 0 aliphatic heterocycles. The van der Waals surface area contributed by atoms with Crippen molar-refractivity contribution in [1.29, 1.82) is 0 Å². The van der Waals surface area contributed by atoms with E-state index in [4.69, 9.17) is 0 Å². The third kappa shape index (κ3) is 5.49. The molecule has 0 radical (unpaired) electrons. The topological polar surface area (TPSA) is 79.4 Å². The summed E-state index contributed by atoms with van der Waals surface area (Å²) in [6, 6.07) is 17.5. The van der Waals surface area contributed by atoms with Crippen LogP contribution in [0.25, 0.3) is 0 Å². The molecule has 0 fully saturated rings. The highest BCUT2D eigenvalue weighted by Crippen LogP contribution is 2.20. The van der Waals surface area contributed by atoms with Crippen LogP contribution in [0.4, 0.5) is 4.39 Å². The number of amides is 1. The Bertz CT molecular complexity index is 1100. The van der Waals surface area contributed by atoms with Crippen LogP contribution in [0.2, 0.25) is 0 Å². The highest BCUT2D eigenvalue weighted by molar-refractivity contribution is 7.89. The Balaban J connectivity index is 1.82. The average molecular weight is 428 g/mol. The molecule has 0 aliphatic carbocycles. The minimum Gasteiger partial charge on any atom is -0.349 e. The number of rotatable bonds is 8. The van der Waals surface area contributed by atoms with Crippen LogP contribution in [0.15, 0.2) is 77.8 Å². The van der Waals surface area contributed by atoms with Crippen LogP contribution in [-0.2, 0) is 27.9 Å². The largest absolute Gasteiger partial charge is 0.349 e. The Morgan fingerprint density at radius 3 is 2.40 bits per heavy atom. The molecule has 3 aromatic rings. The van der Waals surface area contributed by atoms with Gasteiger partial charge in [-0.05, 0) is 37.3 Å². The van der Waals surface area contributed by atoms with Crippen LogP contribution in [0.5, 0.6) is 0 Å². The number of nitrogens with zero attached hydrogens (tertiary/aromatic N) is 2. The van der Waals surface area contributed by atoms with Gasteiger partial charge in [-0.2, -0.15) is 4.31 Å². The van der Waals surface area contributed by atoms with E-state index < -0.39 is 28.3 Å². The number of benzene rings is 2. The molecule has 2 aromatic carbocycles. The molecule has 1 N–H and O–H groups in total. The molecule has 8 heteroatoms. The standard InChI is InChI=1S/C22H22FN3O3S/c1-17-9-11-20(12-10-17)30(28,29)26(15-18-6-2-3-8-21(18)23)16-22(27)25-14-19-7-4-5-13-24-19/h2-13H,14-16H2,1H3,(H,25,27). The maximum atomic E-state index is 14.2. The first-order valence-electron chi connectivity index (χ1n) is 9.33. The number of hydrogen-bond acceptors (Lipinski definition) is 4. The molecule has 0 aliphatic rings. The van der Waals surface area contributed by atoms with Crippen molar-refractivity contribution in [1.82, 2.24) is 14.6 Å². The van der Waals surface area contributed by atoms with Crippen molar-refractivity contribution in [2.75, 3.05) is 6.54 Å². The highest BCUT2D eigenvalue weighted by Gasteiger charge is 2.27. The molecule has 0 spiro atoms. The van der Waals surface area contributed by atoms with Crippen molar-refractivity contribution in [2.45, 2.75) is 24.9 Å². The zero-order chi connectivity index (χ0) is 21.6. The lowest BCUT2D eigenvalue weighted by Crippen LogP contribution is -2.40. The number of carbonyl (C=O) groups is 1. The van der Waals surface area contributed by atoms with Crippen molar-refractivity contribution in [3.8, 4) is 0 Å². The summed E-state index contributed by atoms with van der Waals surface area (Å²) >= 11 is 0. The van der Waals surface area contributed by atoms with E-state index in [1.807, 2.05) is 6.92 Å². The summed E-state index contributed by atoms with van der Waals surface area (Å²) in [5.41, 5.74) is 1.74. The minimum absolute atomic E-state index is 0.0435. The molecule has 0 saturated heterocycles. The first kappa shape index (κ1) is 21.6. The Morgan fingerprint density at radius 1 is 1.03 bits per heavy atom. The van der Waals surface area contributed by atoms with Crippen LogP contribution < -0.4 is 5.32 Å². The molecule has 0 bridgehead atoms. The van der Waals surface area contributed by atoms with E-state index in [1.54, 1.807) is 42.6 Å². The van der Waals surface area contributed by atoms with Gasteiger partial charge >= 0.3 is 0 Å². The van der Waals surface area contributed by atoms with Crippen molar-refractivity contribution >= 4 is 15.9 Å². The van der Waals surface area contributed by atoms with Crippen LogP contribution in [0.3, 0.4) is 0 Å². The minimum atomic E-state index is -4.02. The van der Waals surface area contributed by atoms with Gasteiger partial charge < -0.3 is 5.32 Å². The molecule has 156 valence electrons. The van der Waals surface area contributed by atoms with Crippen LogP contribution in [0, 0.1) is 12.7 Å². The number of pyridine rings is 1. The monoisotopic (exact) mass is 427 g/mol. The molecule has 1 heterocycles. The molecule has 0 atom stereocenters. The molecule has 1 amide bonds. The SMILES string of the molecule is Cc1ccc(S(=O)(=O)N(CC(=O)NCc2ccccn2)Cc2ccccc2F)cc1. The normalized spacial score (nSPS) is 11.4. The van der Waals surface area contributed by atoms with Gasteiger partial charge in [-0.25, -0.2) is 12.8 Å². The lowest BCUT2D eigenvalue weighted by atomic mass is 10.2. The number of aryl methyl sites for hydroxylation is 1. The Labute approximate surface area is 175 Å². The Morgan fingerprint density at radius 2 is 1.73 bits per heavy atom. The van der Waals surface area contributed by atoms with E-state index in [2.05, 4.69) is 10.3 Å². The van der Waals surface area contributed by atoms with Gasteiger partial charge in [-0.3, -0.25) is 9.78 Å². The molecular weight excluding hydrogens is 405 g/mol. The number of halogens is 1. The van der Waals surface area contributed by atoms with Gasteiger partial charge in [0.25, 0.3) is 0 Å². The van der Waals surface area contributed by atoms with E-state index in [0.717, 1.165) is 9.87 Å². The van der Waals surface area contributed by atoms with Crippen molar-refractivity contribution in [2.24, 2.45) is 0 Å². The summed E-state index contributed by atoms with van der Waals surface area (Å²) in [5, 5.41) is 2.66. The Hall–Kier alpha value is -3.10. The number of sulfonamides is 1. The second-order valence-corrected chi connectivity index (χ2v) is 8.71. The second-order valence-electron chi connectivity index (χ2n) is 6.78. The van der Waals surface area contributed by atoms with Gasteiger partial charge in [-0.15, -0.1) is 0 Å². The molecule has 30 heavy (non-hydrogen) atoms. The van der Waals surface area contributed by atoms with E-state index in [-0.39, 0.29) is 23.5 Å². The molecule has 3 rings (SSSR count). The lowest BCUT2D eigenvalue weighted by Gasteiger charge is -2.22. The Kier molecular flexibility index (Phi) is 6.91. The lowest BCUT2D eigenvalue weighted by molar-refractivity contribution is -0.121. The van der Waals surface area contributed by atoms with Crippen LogP contribution >= 0.6 is 0 Å². The number of hydrogen-bond donors (Lipinski definition) is 1. The molecule has 6 nitrogen and oxygen atoms in total. The van der Waals surface area contributed by atoms with Gasteiger partial charge in [0.05, 0.1) is 23.7 Å². The van der Waals surface area contributed by atoms with E-state index in [0.29, 0.717) is 5.69 Å². The first-order chi connectivity index (χ1) is 14.4. The average Bonchev–Trinajstić information content (AvgIpc) is 2.74. The summed E-state index contributed by atoms with van der Waals surface area (Å²) in [6.07, 6.45) is 1.60. The van der Waals surface area contributed by atoms with Crippen LogP contribution in [0.1, 0.15) is 16.8 Å². The van der Waals surface area contributed by atoms with Crippen molar-refractivity contribution in [3.05, 3.63) is 95.6 Å². The second kappa shape index (κ2) is 9.60. The fourth-order valence-corrected chi connectivity index (χ4v) is 4.18. The molecule has 0 unspecified atom stereocenters. The number of carbonyl (C=O) groups excluding carboxylic acids is 1. The fraction of sp³-hybridized carbons (Fsp3) is 0.182. The maximum absolute atomic E-state index is 14.2. The van der Waals surface area contributed by atoms with Gasteiger partial charge in [0, 0.05) is 18.3 Å². The number of aromatic nitrogens is 1. The van der Waals surface area contributed by atoms with Gasteiger partial charge in [-0.1, -0.05) is 42.0 Å². The molecule has 0 saturated carbocycles. The van der Waals surface area contributed by atoms with E-state index in [9.17, 15) is 17.6 Å². The first-order valence-corrected chi connectivity index (χ1v) is 10.8. The fourth-order valence-electron chi connectivity index (χ4n) is 2.81. The quantitative estimate of drug-likeness (QED) is 0.599. The number of nitrogens with one attached hydrogen (secondary N) is 1. The van der Waals surface area contributed by atoms with Gasteiger partial charge in [0.1, 0.15) is 5.82 Å². The third-order valence-electron chi connectivity index (χ3n) is 4.48. The maximum Gasteiger partial charge on any atom is 0.243 e. The van der Waals surface area contributed by atoms with Crippen LogP contribution in [-0.4, -0.2) is 30.2 Å². The third-order valence-corrected chi connectivity index (χ3v) is 6.28. The van der Waals surface area contributed by atoms with E-state index in [1.165, 1.54) is 30.3 Å². The van der Waals surface area contributed by atoms with Gasteiger partial charge in [0.2, 0.25) is 15.9 Å². The summed E-state index contributed by atoms with van der Waals surface area (Å²) < 4.78 is 41.5. The van der Waals surface area contributed by atoms with Crippen molar-refractivity contribution < 1.29 is 17.6 Å². The summed E-state index contributed by atoms with van der Waals surface area (Å²) in [5.74, 6) is -1.04. The highest BCUT2D eigenvalue weighted by atomic mass is 32.2. The zero-order valence-electron chi connectivity index (χ0n) is 16.5. The smallest absolute Gasteiger partial charge is 0.243 e. The molecular formula is C22H22FN3O3S. The predicted octanol–water partition coefficient (Wildman–Crippen LogP) is 3.04. The van der Waals surface area contributed by atoms with Gasteiger partial charge in [0.15, 0.2) is 0 Å². The zero-order valence-corrected chi connectivity index (χ0v) is 17.3. The summed E-state index contributed by atoms with van der Waals surface area (Å²) in [4.78, 5) is 16.7. The summed E-state index contributed by atoms with van der Waals surface area (Å²) in [6.45, 7) is 1.30. The molecule has 1 aromatic heterocycles. The van der Waals surface area contributed by atoms with Crippen molar-refractivity contribution in [3.63, 3.8) is 0 Å². The summed E-state index contributed by atoms with van der Waals surface area (Å²) in [7, 11) is -4.02.